The lowest BCUT2D eigenvalue weighted by atomic mass is 10.0. The first kappa shape index (κ1) is 25.2. The van der Waals surface area contributed by atoms with Gasteiger partial charge in [-0.3, -0.25) is 28.6 Å². The molecule has 1 aliphatic rings. The highest BCUT2D eigenvalue weighted by atomic mass is 79.9. The Morgan fingerprint density at radius 2 is 2.12 bits per heavy atom. The topological polar surface area (TPSA) is 171 Å². The maximum Gasteiger partial charge on any atom is 0.330 e. The van der Waals surface area contributed by atoms with E-state index in [0.29, 0.717) is 4.47 Å². The van der Waals surface area contributed by atoms with Gasteiger partial charge in [0.15, 0.2) is 0 Å². The van der Waals surface area contributed by atoms with Crippen LogP contribution in [0.3, 0.4) is 0 Å². The molecular formula is C19H22BrN3O9S. The lowest BCUT2D eigenvalue weighted by Crippen LogP contribution is -2.33. The third kappa shape index (κ3) is 5.95. The van der Waals surface area contributed by atoms with Crippen molar-refractivity contribution in [2.75, 3.05) is 12.4 Å². The lowest BCUT2D eigenvalue weighted by Gasteiger charge is -2.17. The number of aromatic amines is 1. The molecule has 14 heteroatoms. The third-order valence-corrected chi connectivity index (χ3v) is 7.14. The summed E-state index contributed by atoms with van der Waals surface area (Å²) in [6, 6.07) is 4.35. The number of nitrogens with one attached hydrogen (secondary N) is 1. The highest BCUT2D eigenvalue weighted by molar-refractivity contribution is 9.10. The van der Waals surface area contributed by atoms with E-state index in [1.54, 1.807) is 6.07 Å². The van der Waals surface area contributed by atoms with E-state index >= 15 is 0 Å². The summed E-state index contributed by atoms with van der Waals surface area (Å²) in [5.74, 6) is -1.27. The number of nitro groups is 1. The maximum absolute atomic E-state index is 12.5. The second-order valence-corrected chi connectivity index (χ2v) is 10.4. The monoisotopic (exact) mass is 547 g/mol. The van der Waals surface area contributed by atoms with Crippen molar-refractivity contribution >= 4 is 31.7 Å². The highest BCUT2D eigenvalue weighted by Crippen LogP contribution is 2.31. The van der Waals surface area contributed by atoms with Gasteiger partial charge in [0, 0.05) is 40.2 Å². The second kappa shape index (κ2) is 9.85. The molecule has 1 aromatic heterocycles. The van der Waals surface area contributed by atoms with Crippen LogP contribution in [0.5, 0.6) is 0 Å². The summed E-state index contributed by atoms with van der Waals surface area (Å²) < 4.78 is 37.2. The van der Waals surface area contributed by atoms with Crippen molar-refractivity contribution < 1.29 is 27.4 Å². The van der Waals surface area contributed by atoms with Crippen molar-refractivity contribution in [3.05, 3.63) is 70.9 Å². The van der Waals surface area contributed by atoms with Crippen LogP contribution in [0.25, 0.3) is 0 Å². The van der Waals surface area contributed by atoms with Crippen LogP contribution in [-0.2, 0) is 19.0 Å². The average molecular weight is 548 g/mol. The summed E-state index contributed by atoms with van der Waals surface area (Å²) in [6.45, 7) is 2.52. The van der Waals surface area contributed by atoms with Crippen LogP contribution in [-0.4, -0.2) is 52.6 Å². The Morgan fingerprint density at radius 3 is 2.79 bits per heavy atom. The van der Waals surface area contributed by atoms with E-state index in [2.05, 4.69) is 20.9 Å². The Kier molecular flexibility index (Phi) is 7.53. The van der Waals surface area contributed by atoms with Gasteiger partial charge >= 0.3 is 5.69 Å². The fourth-order valence-corrected chi connectivity index (χ4v) is 5.12. The zero-order chi connectivity index (χ0) is 24.5. The summed E-state index contributed by atoms with van der Waals surface area (Å²) in [4.78, 5) is 36.4. The van der Waals surface area contributed by atoms with E-state index in [1.165, 1.54) is 32.2 Å². The van der Waals surface area contributed by atoms with Gasteiger partial charge in [-0.15, -0.1) is 0 Å². The Morgan fingerprint density at radius 1 is 1.42 bits per heavy atom. The fourth-order valence-electron chi connectivity index (χ4n) is 3.54. The first-order valence-corrected chi connectivity index (χ1v) is 12.2. The van der Waals surface area contributed by atoms with Gasteiger partial charge in [-0.2, -0.15) is 8.42 Å². The smallest absolute Gasteiger partial charge is 0.330 e. The molecule has 1 aromatic carbocycles. The first-order chi connectivity index (χ1) is 15.4. The van der Waals surface area contributed by atoms with Crippen LogP contribution in [0.1, 0.15) is 36.6 Å². The Balaban J connectivity index is 1.66. The number of H-pyrrole nitrogens is 1. The molecule has 0 radical (unpaired) electrons. The van der Waals surface area contributed by atoms with Crippen molar-refractivity contribution in [2.24, 2.45) is 0 Å². The molecule has 2 aromatic rings. The molecule has 1 fully saturated rings. The fraction of sp³-hybridized carbons (Fsp3) is 0.474. The van der Waals surface area contributed by atoms with Gasteiger partial charge in [-0.25, -0.2) is 4.79 Å². The number of aliphatic hydroxyl groups is 1. The van der Waals surface area contributed by atoms with Gasteiger partial charge < -0.3 is 9.84 Å². The van der Waals surface area contributed by atoms with Crippen molar-refractivity contribution in [1.29, 1.82) is 0 Å². The number of aromatic nitrogens is 2. The number of rotatable bonds is 8. The molecule has 0 aliphatic carbocycles. The van der Waals surface area contributed by atoms with Crippen LogP contribution in [0.15, 0.2) is 38.5 Å². The molecule has 180 valence electrons. The van der Waals surface area contributed by atoms with Crippen LogP contribution < -0.4 is 11.2 Å². The van der Waals surface area contributed by atoms with Gasteiger partial charge in [-0.1, -0.05) is 28.9 Å². The average Bonchev–Trinajstić information content (AvgIpc) is 3.09. The quantitative estimate of drug-likeness (QED) is 0.280. The molecule has 12 nitrogen and oxygen atoms in total. The van der Waals surface area contributed by atoms with Gasteiger partial charge in [0.05, 0.1) is 23.4 Å². The summed E-state index contributed by atoms with van der Waals surface area (Å²) >= 11 is 3.15. The molecule has 0 saturated carbocycles. The Hall–Kier alpha value is -2.39. The van der Waals surface area contributed by atoms with E-state index < -0.39 is 63.0 Å². The number of halogens is 1. The summed E-state index contributed by atoms with van der Waals surface area (Å²) in [5.41, 5.74) is -0.972. The van der Waals surface area contributed by atoms with Crippen LogP contribution >= 0.6 is 15.9 Å². The molecular weight excluding hydrogens is 526 g/mol. The molecule has 4 atom stereocenters. The van der Waals surface area contributed by atoms with Crippen molar-refractivity contribution in [3.63, 3.8) is 0 Å². The number of hydrogen-bond donors (Lipinski definition) is 2. The first-order valence-electron chi connectivity index (χ1n) is 9.84. The summed E-state index contributed by atoms with van der Waals surface area (Å²) in [6.07, 6.45) is -1.79. The van der Waals surface area contributed by atoms with E-state index in [1.807, 2.05) is 0 Å². The predicted molar refractivity (Wildman–Crippen MR) is 120 cm³/mol. The molecule has 1 saturated heterocycles. The number of aryl methyl sites for hydroxylation is 1. The molecule has 1 unspecified atom stereocenters. The number of hydrogen-bond acceptors (Lipinski definition) is 9. The van der Waals surface area contributed by atoms with Gasteiger partial charge in [0.1, 0.15) is 12.3 Å². The molecule has 0 spiro atoms. The lowest BCUT2D eigenvalue weighted by molar-refractivity contribution is -0.385. The molecule has 3 rings (SSSR count). The minimum atomic E-state index is -4.14. The number of nitro benzene ring substituents is 1. The maximum atomic E-state index is 12.5. The van der Waals surface area contributed by atoms with Gasteiger partial charge in [0.25, 0.3) is 21.4 Å². The van der Waals surface area contributed by atoms with E-state index in [0.717, 1.165) is 4.57 Å². The van der Waals surface area contributed by atoms with Crippen LogP contribution in [0.2, 0.25) is 0 Å². The largest absolute Gasteiger partial charge is 0.390 e. The minimum absolute atomic E-state index is 0.0129. The second-order valence-electron chi connectivity index (χ2n) is 7.78. The zero-order valence-electron chi connectivity index (χ0n) is 17.6. The molecule has 2 heterocycles. The van der Waals surface area contributed by atoms with Crippen molar-refractivity contribution in [1.82, 2.24) is 9.55 Å². The predicted octanol–water partition coefficient (Wildman–Crippen LogP) is 1.31. The number of ether oxygens (including phenoxy) is 1. The molecule has 2 N–H and O–H groups in total. The summed E-state index contributed by atoms with van der Waals surface area (Å²) in [7, 11) is -4.14. The SMILES string of the molecule is Cc1cn([C@H]2C[C@H](O)[C@@H](COS(=O)(=O)CC(C)c3ccc(Br)cc3[N+](=O)[O-])O2)c(=O)[nH]c1=O. The minimum Gasteiger partial charge on any atom is -0.390 e. The molecule has 33 heavy (non-hydrogen) atoms. The Bertz CT molecular complexity index is 1270. The van der Waals surface area contributed by atoms with E-state index in [9.17, 15) is 33.2 Å². The van der Waals surface area contributed by atoms with Crippen LogP contribution in [0, 0.1) is 17.0 Å². The molecule has 0 amide bonds. The zero-order valence-corrected chi connectivity index (χ0v) is 20.0. The molecule has 0 bridgehead atoms. The van der Waals surface area contributed by atoms with Gasteiger partial charge in [-0.05, 0) is 13.0 Å². The standard InChI is InChI=1S/C19H22BrN3O9S/c1-10-7-22(19(26)21-18(10)25)17-6-15(24)16(32-17)8-31-33(29,30)9-11(2)13-4-3-12(20)5-14(13)23(27)28/h3-5,7,11,15-17,24H,6,8-9H2,1-2H3,(H,21,25,26)/t11?,15-,16+,17+/m0/s1. The number of benzene rings is 1. The van der Waals surface area contributed by atoms with Crippen molar-refractivity contribution in [2.45, 2.75) is 44.6 Å². The van der Waals surface area contributed by atoms with E-state index in [-0.39, 0.29) is 23.2 Å². The third-order valence-electron chi connectivity index (χ3n) is 5.25. The van der Waals surface area contributed by atoms with Gasteiger partial charge in [0.2, 0.25) is 0 Å². The number of aliphatic hydroxyl groups excluding tert-OH is 1. The van der Waals surface area contributed by atoms with Crippen molar-refractivity contribution in [3.8, 4) is 0 Å². The van der Waals surface area contributed by atoms with E-state index in [4.69, 9.17) is 8.92 Å². The number of nitrogens with zero attached hydrogens (tertiary/aromatic N) is 2. The highest BCUT2D eigenvalue weighted by Gasteiger charge is 2.37. The normalized spacial score (nSPS) is 21.8. The summed E-state index contributed by atoms with van der Waals surface area (Å²) in [5, 5.41) is 21.6. The Labute approximate surface area is 196 Å². The molecule has 1 aliphatic heterocycles. The van der Waals surface area contributed by atoms with Crippen LogP contribution in [0.4, 0.5) is 5.69 Å².